The van der Waals surface area contributed by atoms with Crippen LogP contribution in [0.5, 0.6) is 0 Å². The van der Waals surface area contributed by atoms with Gasteiger partial charge in [-0.05, 0) is 23.5 Å². The summed E-state index contributed by atoms with van der Waals surface area (Å²) in [6, 6.07) is 17.3. The van der Waals surface area contributed by atoms with E-state index in [1.54, 1.807) is 60.7 Å². The van der Waals surface area contributed by atoms with E-state index < -0.39 is 11.5 Å². The monoisotopic (exact) mass is 340 g/mol. The fourth-order valence-electron chi connectivity index (χ4n) is 2.49. The summed E-state index contributed by atoms with van der Waals surface area (Å²) in [4.78, 5) is 24.6. The van der Waals surface area contributed by atoms with Gasteiger partial charge >= 0.3 is 0 Å². The van der Waals surface area contributed by atoms with E-state index in [0.717, 1.165) is 6.42 Å². The minimum absolute atomic E-state index is 0.287. The topological polar surface area (TPSA) is 78.4 Å². The minimum atomic E-state index is -1.89. The molecule has 0 aromatic heterocycles. The van der Waals surface area contributed by atoms with Crippen LogP contribution >= 0.6 is 0 Å². The molecule has 3 N–H and O–H groups in total. The van der Waals surface area contributed by atoms with Gasteiger partial charge < -0.3 is 5.11 Å². The Hall–Kier alpha value is -2.66. The van der Waals surface area contributed by atoms with Gasteiger partial charge in [0.15, 0.2) is 5.60 Å². The summed E-state index contributed by atoms with van der Waals surface area (Å²) in [5.41, 5.74) is 3.70. The van der Waals surface area contributed by atoms with Crippen LogP contribution in [0.25, 0.3) is 0 Å². The summed E-state index contributed by atoms with van der Waals surface area (Å²) >= 11 is 0. The van der Waals surface area contributed by atoms with Crippen molar-refractivity contribution in [3.05, 3.63) is 71.8 Å². The zero-order chi connectivity index (χ0) is 18.3. The summed E-state index contributed by atoms with van der Waals surface area (Å²) < 4.78 is 0. The molecule has 0 aliphatic carbocycles. The molecule has 0 aliphatic heterocycles. The van der Waals surface area contributed by atoms with Gasteiger partial charge in [0.25, 0.3) is 5.91 Å². The van der Waals surface area contributed by atoms with E-state index in [-0.39, 0.29) is 5.91 Å². The molecule has 0 fully saturated rings. The van der Waals surface area contributed by atoms with Crippen LogP contribution in [0.4, 0.5) is 0 Å². The maximum atomic E-state index is 12.7. The van der Waals surface area contributed by atoms with E-state index in [1.807, 2.05) is 13.8 Å². The number of hydrogen-bond donors (Lipinski definition) is 3. The summed E-state index contributed by atoms with van der Waals surface area (Å²) in [6.45, 7) is 4.05. The van der Waals surface area contributed by atoms with Gasteiger partial charge in [-0.15, -0.1) is 0 Å². The number of benzene rings is 2. The van der Waals surface area contributed by atoms with Gasteiger partial charge in [-0.25, -0.2) is 0 Å². The molecule has 2 aromatic rings. The van der Waals surface area contributed by atoms with Crippen LogP contribution in [0.1, 0.15) is 37.8 Å². The Morgan fingerprint density at radius 2 is 1.40 bits per heavy atom. The normalized spacial score (nSPS) is 11.2. The van der Waals surface area contributed by atoms with Crippen LogP contribution in [0.15, 0.2) is 60.7 Å². The van der Waals surface area contributed by atoms with E-state index >= 15 is 0 Å². The largest absolute Gasteiger partial charge is 0.372 e. The molecule has 25 heavy (non-hydrogen) atoms. The molecule has 0 heterocycles. The fraction of sp³-hybridized carbons (Fsp3) is 0.300. The van der Waals surface area contributed by atoms with Crippen molar-refractivity contribution in [2.24, 2.45) is 5.92 Å². The molecule has 0 unspecified atom stereocenters. The van der Waals surface area contributed by atoms with E-state index in [0.29, 0.717) is 23.5 Å². The molecule has 2 aromatic carbocycles. The van der Waals surface area contributed by atoms with E-state index in [1.165, 1.54) is 0 Å². The summed E-state index contributed by atoms with van der Waals surface area (Å²) in [7, 11) is 0. The lowest BCUT2D eigenvalue weighted by Gasteiger charge is -2.28. The molecule has 0 aliphatic rings. The molecule has 0 radical (unpaired) electrons. The van der Waals surface area contributed by atoms with Crippen LogP contribution in [0.2, 0.25) is 0 Å². The third-order valence-corrected chi connectivity index (χ3v) is 3.98. The van der Waals surface area contributed by atoms with Crippen LogP contribution in [-0.2, 0) is 15.2 Å². The van der Waals surface area contributed by atoms with Crippen molar-refractivity contribution in [3.8, 4) is 0 Å². The Labute approximate surface area is 148 Å². The predicted molar refractivity (Wildman–Crippen MR) is 96.2 cm³/mol. The van der Waals surface area contributed by atoms with Crippen LogP contribution in [0, 0.1) is 5.92 Å². The maximum Gasteiger partial charge on any atom is 0.279 e. The lowest BCUT2D eigenvalue weighted by Crippen LogP contribution is -2.52. The molecule has 0 spiro atoms. The van der Waals surface area contributed by atoms with Crippen molar-refractivity contribution in [2.75, 3.05) is 0 Å². The molecule has 0 bridgehead atoms. The number of nitrogens with one attached hydrogen (secondary N) is 2. The highest BCUT2D eigenvalue weighted by Gasteiger charge is 2.40. The van der Waals surface area contributed by atoms with Crippen LogP contribution in [0.3, 0.4) is 0 Å². The number of carbonyl (C=O) groups excluding carboxylic acids is 2. The molecule has 0 saturated heterocycles. The number of rotatable bonds is 6. The molecular weight excluding hydrogens is 316 g/mol. The highest BCUT2D eigenvalue weighted by molar-refractivity contribution is 5.91. The molecule has 5 nitrogen and oxygen atoms in total. The molecule has 2 amide bonds. The van der Waals surface area contributed by atoms with Gasteiger partial charge in [-0.3, -0.25) is 20.4 Å². The average Bonchev–Trinajstić information content (AvgIpc) is 2.65. The maximum absolute atomic E-state index is 12.7. The quantitative estimate of drug-likeness (QED) is 0.707. The number of amides is 2. The van der Waals surface area contributed by atoms with Gasteiger partial charge in [0.2, 0.25) is 5.91 Å². The van der Waals surface area contributed by atoms with Crippen molar-refractivity contribution in [3.63, 3.8) is 0 Å². The first kappa shape index (κ1) is 18.7. The second kappa shape index (κ2) is 8.44. The highest BCUT2D eigenvalue weighted by atomic mass is 16.3. The minimum Gasteiger partial charge on any atom is -0.372 e. The van der Waals surface area contributed by atoms with Gasteiger partial charge in [0.1, 0.15) is 0 Å². The molecule has 5 heteroatoms. The van der Waals surface area contributed by atoms with Crippen molar-refractivity contribution in [1.82, 2.24) is 10.9 Å². The van der Waals surface area contributed by atoms with Crippen molar-refractivity contribution in [2.45, 2.75) is 32.3 Å². The van der Waals surface area contributed by atoms with Gasteiger partial charge in [0.05, 0.1) is 0 Å². The third-order valence-electron chi connectivity index (χ3n) is 3.98. The Bertz CT molecular complexity index is 660. The smallest absolute Gasteiger partial charge is 0.279 e. The standard InChI is InChI=1S/C20H24N2O3/c1-15(2)13-14-18(23)21-22-19(24)20(25,16-9-5-3-6-10-16)17-11-7-4-8-12-17/h3-12,15,25H,13-14H2,1-2H3,(H,21,23)(H,22,24). The van der Waals surface area contributed by atoms with E-state index in [9.17, 15) is 14.7 Å². The Morgan fingerprint density at radius 3 is 1.84 bits per heavy atom. The first-order valence-corrected chi connectivity index (χ1v) is 8.37. The zero-order valence-corrected chi connectivity index (χ0v) is 14.5. The number of carbonyl (C=O) groups is 2. The third kappa shape index (κ3) is 4.67. The van der Waals surface area contributed by atoms with E-state index in [4.69, 9.17) is 0 Å². The van der Waals surface area contributed by atoms with Crippen molar-refractivity contribution < 1.29 is 14.7 Å². The van der Waals surface area contributed by atoms with Crippen LogP contribution < -0.4 is 10.9 Å². The summed E-state index contributed by atoms with van der Waals surface area (Å²) in [5.74, 6) is -0.597. The van der Waals surface area contributed by atoms with E-state index in [2.05, 4.69) is 10.9 Å². The molecule has 0 saturated carbocycles. The second-order valence-electron chi connectivity index (χ2n) is 6.38. The molecule has 132 valence electrons. The molecular formula is C20H24N2O3. The number of hydrogen-bond acceptors (Lipinski definition) is 3. The molecule has 0 atom stereocenters. The second-order valence-corrected chi connectivity index (χ2v) is 6.38. The molecule has 2 rings (SSSR count). The number of aliphatic hydroxyl groups is 1. The first-order chi connectivity index (χ1) is 11.9. The first-order valence-electron chi connectivity index (χ1n) is 8.37. The predicted octanol–water partition coefficient (Wildman–Crippen LogP) is 2.51. The van der Waals surface area contributed by atoms with Gasteiger partial charge in [-0.1, -0.05) is 74.5 Å². The fourth-order valence-corrected chi connectivity index (χ4v) is 2.49. The number of hydrazine groups is 1. The van der Waals surface area contributed by atoms with Gasteiger partial charge in [0, 0.05) is 6.42 Å². The lowest BCUT2D eigenvalue weighted by atomic mass is 9.85. The average molecular weight is 340 g/mol. The van der Waals surface area contributed by atoms with Gasteiger partial charge in [-0.2, -0.15) is 0 Å². The Morgan fingerprint density at radius 1 is 0.920 bits per heavy atom. The SMILES string of the molecule is CC(C)CCC(=O)NNC(=O)C(O)(c1ccccc1)c1ccccc1. The zero-order valence-electron chi connectivity index (χ0n) is 14.5. The van der Waals surface area contributed by atoms with Crippen molar-refractivity contribution in [1.29, 1.82) is 0 Å². The summed E-state index contributed by atoms with van der Waals surface area (Å²) in [5, 5.41) is 11.2. The lowest BCUT2D eigenvalue weighted by molar-refractivity contribution is -0.140. The summed E-state index contributed by atoms with van der Waals surface area (Å²) in [6.07, 6.45) is 1.04. The highest BCUT2D eigenvalue weighted by Crippen LogP contribution is 2.29. The Kier molecular flexibility index (Phi) is 6.31. The van der Waals surface area contributed by atoms with Crippen molar-refractivity contribution >= 4 is 11.8 Å². The Balaban J connectivity index is 2.19. The van der Waals surface area contributed by atoms with Crippen LogP contribution in [-0.4, -0.2) is 16.9 Å².